The first-order valence-corrected chi connectivity index (χ1v) is 19.2. The number of rotatable bonds is 5. The van der Waals surface area contributed by atoms with E-state index in [1.807, 2.05) is 41.5 Å². The van der Waals surface area contributed by atoms with Crippen LogP contribution in [0.5, 0.6) is 5.75 Å². The van der Waals surface area contributed by atoms with Crippen molar-refractivity contribution in [1.82, 2.24) is 30.2 Å². The van der Waals surface area contributed by atoms with Crippen LogP contribution in [0.3, 0.4) is 0 Å². The standard InChI is InChI=1S/C43H50N6O5/c1-42(2,3)53-40(50)47-31-10-7-9-29(31)38-44-32-19-17-27(23-34(32)46-38)25-12-14-26(15-13-25)28-16-18-30-36(24-28)52-22-20-33-37(30)48-39(45-33)35-11-8-21-49(35)41(51)54-43(4,5)6/h12-19,23-24,29,31,35H,7-11,20-22H2,1-6H3,(H,44,46)(H,45,48)(H,47,50)/t29-,31+,35-/m0/s1. The lowest BCUT2D eigenvalue weighted by Crippen LogP contribution is -2.40. The molecule has 0 radical (unpaired) electrons. The maximum absolute atomic E-state index is 13.0. The molecule has 0 spiro atoms. The number of alkyl carbamates (subject to hydrolysis) is 1. The number of likely N-dealkylation sites (tertiary alicyclic amines) is 1. The van der Waals surface area contributed by atoms with Crippen molar-refractivity contribution in [1.29, 1.82) is 0 Å². The number of fused-ring (bicyclic) bond motifs is 4. The van der Waals surface area contributed by atoms with Gasteiger partial charge in [0.25, 0.3) is 0 Å². The van der Waals surface area contributed by atoms with E-state index < -0.39 is 11.2 Å². The van der Waals surface area contributed by atoms with Gasteiger partial charge in [0, 0.05) is 36.2 Å². The number of ether oxygens (including phenoxy) is 3. The second-order valence-corrected chi connectivity index (χ2v) is 16.8. The molecular weight excluding hydrogens is 681 g/mol. The molecule has 2 aromatic heterocycles. The number of aromatic amines is 2. The van der Waals surface area contributed by atoms with Crippen LogP contribution in [0.15, 0.2) is 60.7 Å². The predicted molar refractivity (Wildman–Crippen MR) is 208 cm³/mol. The fourth-order valence-electron chi connectivity index (χ4n) is 8.02. The molecular formula is C43H50N6O5. The van der Waals surface area contributed by atoms with Crippen molar-refractivity contribution >= 4 is 23.2 Å². The molecule has 2 fully saturated rings. The predicted octanol–water partition coefficient (Wildman–Crippen LogP) is 9.45. The SMILES string of the molecule is CC(C)(C)OC(=O)N[C@@H]1CCC[C@@H]1c1nc2ccc(-c3ccc(-c4ccc5c(c4)OCCc4[nH]c([C@@H]6CCCN6C(=O)OC(C)(C)C)nc4-5)cc3)cc2[nH]1. The Morgan fingerprint density at radius 1 is 0.796 bits per heavy atom. The minimum absolute atomic E-state index is 0.0155. The molecule has 54 heavy (non-hydrogen) atoms. The van der Waals surface area contributed by atoms with Gasteiger partial charge in [-0.3, -0.25) is 4.90 Å². The number of hydrogen-bond donors (Lipinski definition) is 3. The van der Waals surface area contributed by atoms with Gasteiger partial charge in [0.2, 0.25) is 0 Å². The molecule has 11 nitrogen and oxygen atoms in total. The van der Waals surface area contributed by atoms with E-state index in [2.05, 4.69) is 75.9 Å². The Morgan fingerprint density at radius 2 is 1.50 bits per heavy atom. The summed E-state index contributed by atoms with van der Waals surface area (Å²) in [6.45, 7) is 12.5. The summed E-state index contributed by atoms with van der Waals surface area (Å²) in [6.07, 6.45) is 4.66. The van der Waals surface area contributed by atoms with Crippen LogP contribution in [0.2, 0.25) is 0 Å². The molecule has 0 unspecified atom stereocenters. The Balaban J connectivity index is 0.983. The lowest BCUT2D eigenvalue weighted by atomic mass is 9.98. The number of nitrogens with one attached hydrogen (secondary N) is 3. The van der Waals surface area contributed by atoms with E-state index in [0.717, 1.165) is 99.7 Å². The quantitative estimate of drug-likeness (QED) is 0.164. The summed E-state index contributed by atoms with van der Waals surface area (Å²) < 4.78 is 17.5. The van der Waals surface area contributed by atoms with Crippen LogP contribution in [-0.2, 0) is 15.9 Å². The summed E-state index contributed by atoms with van der Waals surface area (Å²) in [4.78, 5) is 44.4. The number of benzene rings is 3. The molecule has 0 bridgehead atoms. The molecule has 8 rings (SSSR count). The average molecular weight is 731 g/mol. The molecule has 3 N–H and O–H groups in total. The van der Waals surface area contributed by atoms with Crippen LogP contribution >= 0.6 is 0 Å². The van der Waals surface area contributed by atoms with E-state index in [4.69, 9.17) is 24.2 Å². The summed E-state index contributed by atoms with van der Waals surface area (Å²) in [5.74, 6) is 2.62. The summed E-state index contributed by atoms with van der Waals surface area (Å²) in [5, 5.41) is 3.08. The van der Waals surface area contributed by atoms with Crippen LogP contribution in [-0.4, -0.2) is 67.4 Å². The molecule has 5 aromatic rings. The summed E-state index contributed by atoms with van der Waals surface area (Å²) in [7, 11) is 0. The molecule has 3 atom stereocenters. The Hall–Kier alpha value is -5.32. The molecule has 11 heteroatoms. The highest BCUT2D eigenvalue weighted by Crippen LogP contribution is 2.41. The van der Waals surface area contributed by atoms with E-state index in [-0.39, 0.29) is 30.2 Å². The van der Waals surface area contributed by atoms with Crippen molar-refractivity contribution in [2.75, 3.05) is 13.2 Å². The van der Waals surface area contributed by atoms with Crippen LogP contribution < -0.4 is 10.1 Å². The zero-order valence-electron chi connectivity index (χ0n) is 32.0. The molecule has 2 amide bonds. The summed E-state index contributed by atoms with van der Waals surface area (Å²) in [5.41, 5.74) is 8.01. The van der Waals surface area contributed by atoms with Gasteiger partial charge in [0.15, 0.2) is 0 Å². The van der Waals surface area contributed by atoms with Gasteiger partial charge in [-0.15, -0.1) is 0 Å². The largest absolute Gasteiger partial charge is 0.492 e. The van der Waals surface area contributed by atoms with E-state index in [0.29, 0.717) is 19.6 Å². The maximum Gasteiger partial charge on any atom is 0.410 e. The highest BCUT2D eigenvalue weighted by molar-refractivity contribution is 5.83. The van der Waals surface area contributed by atoms with Gasteiger partial charge in [-0.25, -0.2) is 19.6 Å². The maximum atomic E-state index is 13.0. The van der Waals surface area contributed by atoms with Crippen molar-refractivity contribution < 1.29 is 23.8 Å². The second-order valence-electron chi connectivity index (χ2n) is 16.8. The zero-order valence-corrected chi connectivity index (χ0v) is 32.0. The molecule has 3 aliphatic rings. The Kier molecular flexibility index (Phi) is 9.14. The number of aromatic nitrogens is 4. The third-order valence-electron chi connectivity index (χ3n) is 10.5. The van der Waals surface area contributed by atoms with Crippen LogP contribution in [0, 0.1) is 0 Å². The van der Waals surface area contributed by atoms with E-state index in [1.165, 1.54) is 0 Å². The normalized spacial score (nSPS) is 19.9. The monoisotopic (exact) mass is 730 g/mol. The number of nitrogens with zero attached hydrogens (tertiary/aromatic N) is 3. The van der Waals surface area contributed by atoms with Crippen molar-refractivity contribution in [3.05, 3.63) is 78.0 Å². The van der Waals surface area contributed by atoms with Crippen LogP contribution in [0.25, 0.3) is 44.5 Å². The fourth-order valence-corrected chi connectivity index (χ4v) is 8.02. The Labute approximate surface area is 316 Å². The Bertz CT molecular complexity index is 2190. The number of amides is 2. The van der Waals surface area contributed by atoms with Crippen molar-refractivity contribution in [2.24, 2.45) is 0 Å². The van der Waals surface area contributed by atoms with Gasteiger partial charge in [-0.2, -0.15) is 0 Å². The van der Waals surface area contributed by atoms with Crippen molar-refractivity contribution in [2.45, 2.75) is 109 Å². The molecule has 1 saturated carbocycles. The van der Waals surface area contributed by atoms with Crippen molar-refractivity contribution in [3.8, 4) is 39.3 Å². The van der Waals surface area contributed by atoms with Crippen LogP contribution in [0.1, 0.15) is 103 Å². The van der Waals surface area contributed by atoms with Gasteiger partial charge in [-0.05, 0) is 114 Å². The van der Waals surface area contributed by atoms with E-state index in [9.17, 15) is 9.59 Å². The lowest BCUT2D eigenvalue weighted by molar-refractivity contribution is 0.0218. The number of imidazole rings is 2. The van der Waals surface area contributed by atoms with Gasteiger partial charge in [0.1, 0.15) is 28.6 Å². The zero-order chi connectivity index (χ0) is 37.8. The number of H-pyrrole nitrogens is 2. The topological polar surface area (TPSA) is 134 Å². The fraction of sp³-hybridized carbons (Fsp3) is 0.442. The summed E-state index contributed by atoms with van der Waals surface area (Å²) >= 11 is 0. The van der Waals surface area contributed by atoms with Gasteiger partial charge >= 0.3 is 12.2 Å². The van der Waals surface area contributed by atoms with E-state index >= 15 is 0 Å². The van der Waals surface area contributed by atoms with Gasteiger partial charge in [0.05, 0.1) is 29.4 Å². The molecule has 1 saturated heterocycles. The highest BCUT2D eigenvalue weighted by Gasteiger charge is 2.36. The first-order chi connectivity index (χ1) is 25.8. The summed E-state index contributed by atoms with van der Waals surface area (Å²) in [6, 6.07) is 21.1. The molecule has 1 aliphatic carbocycles. The smallest absolute Gasteiger partial charge is 0.410 e. The van der Waals surface area contributed by atoms with E-state index in [1.54, 1.807) is 4.90 Å². The molecule has 282 valence electrons. The molecule has 3 aromatic carbocycles. The van der Waals surface area contributed by atoms with Crippen molar-refractivity contribution in [3.63, 3.8) is 0 Å². The Morgan fingerprint density at radius 3 is 2.24 bits per heavy atom. The highest BCUT2D eigenvalue weighted by atomic mass is 16.6. The van der Waals surface area contributed by atoms with Gasteiger partial charge < -0.3 is 29.5 Å². The average Bonchev–Trinajstić information content (AvgIpc) is 3.92. The molecule has 2 aliphatic heterocycles. The first-order valence-electron chi connectivity index (χ1n) is 19.2. The number of carbonyl (C=O) groups is 2. The number of carbonyl (C=O) groups excluding carboxylic acids is 2. The van der Waals surface area contributed by atoms with Gasteiger partial charge in [-0.1, -0.05) is 42.8 Å². The first kappa shape index (κ1) is 35.7. The second kappa shape index (κ2) is 13.8. The lowest BCUT2D eigenvalue weighted by Gasteiger charge is -2.27. The third-order valence-corrected chi connectivity index (χ3v) is 10.5. The minimum Gasteiger partial charge on any atom is -0.492 e. The molecule has 4 heterocycles. The van der Waals surface area contributed by atoms with Crippen LogP contribution in [0.4, 0.5) is 9.59 Å². The third kappa shape index (κ3) is 7.41. The minimum atomic E-state index is -0.553. The number of hydrogen-bond acceptors (Lipinski definition) is 7.